The molecule has 2 aliphatic rings. The fraction of sp³-hybridized carbons (Fsp3) is 0.588. The lowest BCUT2D eigenvalue weighted by Gasteiger charge is -2.32. The van der Waals surface area contributed by atoms with Gasteiger partial charge in [0.2, 0.25) is 10.0 Å². The maximum absolute atomic E-state index is 12.7. The van der Waals surface area contributed by atoms with E-state index in [4.69, 9.17) is 11.6 Å². The maximum Gasteiger partial charge on any atom is 0.255 e. The van der Waals surface area contributed by atoms with Gasteiger partial charge in [0.25, 0.3) is 5.91 Å². The van der Waals surface area contributed by atoms with Gasteiger partial charge in [-0.1, -0.05) is 11.6 Å². The third-order valence-electron chi connectivity index (χ3n) is 4.88. The van der Waals surface area contributed by atoms with E-state index in [1.54, 1.807) is 23.1 Å². The van der Waals surface area contributed by atoms with Gasteiger partial charge in [-0.25, -0.2) is 8.42 Å². The Morgan fingerprint density at radius 2 is 2.04 bits per heavy atom. The lowest BCUT2D eigenvalue weighted by Crippen LogP contribution is -2.41. The van der Waals surface area contributed by atoms with E-state index in [1.165, 1.54) is 4.31 Å². The Hall–Kier alpha value is -1.31. The molecule has 2 fully saturated rings. The van der Waals surface area contributed by atoms with Crippen LogP contribution in [0.1, 0.15) is 36.0 Å². The van der Waals surface area contributed by atoms with Crippen molar-refractivity contribution in [2.24, 2.45) is 5.92 Å². The summed E-state index contributed by atoms with van der Waals surface area (Å²) in [5.74, 6) is 0.0761. The number of hydrogen-bond donors (Lipinski definition) is 1. The minimum Gasteiger partial charge on any atom is -0.396 e. The molecule has 1 aromatic rings. The first-order valence-corrected chi connectivity index (χ1v) is 10.6. The molecule has 1 aromatic carbocycles. The van der Waals surface area contributed by atoms with Crippen molar-refractivity contribution in [1.82, 2.24) is 4.90 Å². The van der Waals surface area contributed by atoms with E-state index in [0.717, 1.165) is 19.3 Å². The number of piperidine rings is 1. The second-order valence-electron chi connectivity index (χ2n) is 6.70. The van der Waals surface area contributed by atoms with Crippen LogP contribution < -0.4 is 4.31 Å². The van der Waals surface area contributed by atoms with Crippen LogP contribution in [0.15, 0.2) is 18.2 Å². The minimum atomic E-state index is -3.31. The number of carbonyl (C=O) groups is 1. The normalized spacial score (nSPS) is 23.5. The molecule has 2 aliphatic heterocycles. The number of rotatable bonds is 3. The van der Waals surface area contributed by atoms with Crippen LogP contribution in [0.4, 0.5) is 5.69 Å². The summed E-state index contributed by atoms with van der Waals surface area (Å²) in [6, 6.07) is 4.81. The molecule has 138 valence electrons. The zero-order chi connectivity index (χ0) is 18.0. The number of hydrogen-bond acceptors (Lipinski definition) is 4. The number of anilines is 1. The van der Waals surface area contributed by atoms with Gasteiger partial charge < -0.3 is 10.0 Å². The number of amides is 1. The smallest absolute Gasteiger partial charge is 0.255 e. The van der Waals surface area contributed by atoms with Gasteiger partial charge in [0.15, 0.2) is 0 Å². The molecule has 1 amide bonds. The van der Waals surface area contributed by atoms with Crippen LogP contribution in [0.25, 0.3) is 0 Å². The lowest BCUT2D eigenvalue weighted by molar-refractivity contribution is 0.0621. The molecule has 1 unspecified atom stereocenters. The Balaban J connectivity index is 1.81. The Morgan fingerprint density at radius 1 is 1.24 bits per heavy atom. The first-order valence-electron chi connectivity index (χ1n) is 8.62. The van der Waals surface area contributed by atoms with Gasteiger partial charge in [0.05, 0.1) is 22.0 Å². The summed E-state index contributed by atoms with van der Waals surface area (Å²) < 4.78 is 25.8. The maximum atomic E-state index is 12.7. The van der Waals surface area contributed by atoms with Gasteiger partial charge in [-0.05, 0) is 49.8 Å². The van der Waals surface area contributed by atoms with Crippen molar-refractivity contribution in [3.05, 3.63) is 28.8 Å². The molecular weight excluding hydrogens is 364 g/mol. The number of benzene rings is 1. The van der Waals surface area contributed by atoms with E-state index in [2.05, 4.69) is 0 Å². The van der Waals surface area contributed by atoms with Crippen LogP contribution in [0.2, 0.25) is 5.02 Å². The molecule has 0 spiro atoms. The molecule has 0 aliphatic carbocycles. The molecule has 0 saturated carbocycles. The molecule has 6 nitrogen and oxygen atoms in total. The van der Waals surface area contributed by atoms with Crippen molar-refractivity contribution in [3.63, 3.8) is 0 Å². The number of aliphatic hydroxyl groups is 1. The van der Waals surface area contributed by atoms with Crippen molar-refractivity contribution in [1.29, 1.82) is 0 Å². The van der Waals surface area contributed by atoms with Gasteiger partial charge in [0, 0.05) is 26.2 Å². The third kappa shape index (κ3) is 3.93. The Labute approximate surface area is 153 Å². The topological polar surface area (TPSA) is 77.9 Å². The molecule has 0 aromatic heterocycles. The fourth-order valence-electron chi connectivity index (χ4n) is 3.48. The molecule has 0 radical (unpaired) electrons. The summed E-state index contributed by atoms with van der Waals surface area (Å²) in [6.45, 7) is 1.68. The summed E-state index contributed by atoms with van der Waals surface area (Å²) >= 11 is 6.31. The van der Waals surface area contributed by atoms with Crippen molar-refractivity contribution < 1.29 is 18.3 Å². The number of aliphatic hydroxyl groups excluding tert-OH is 1. The highest BCUT2D eigenvalue weighted by atomic mass is 35.5. The van der Waals surface area contributed by atoms with Gasteiger partial charge in [-0.15, -0.1) is 0 Å². The number of nitrogens with zero attached hydrogens (tertiary/aromatic N) is 2. The predicted octanol–water partition coefficient (Wildman–Crippen LogP) is 2.11. The highest BCUT2D eigenvalue weighted by Gasteiger charge is 2.28. The van der Waals surface area contributed by atoms with Crippen LogP contribution in [-0.4, -0.2) is 56.3 Å². The van der Waals surface area contributed by atoms with Crippen LogP contribution in [0.5, 0.6) is 0 Å². The second kappa shape index (κ2) is 7.51. The van der Waals surface area contributed by atoms with Crippen LogP contribution in [0, 0.1) is 5.92 Å². The van der Waals surface area contributed by atoms with Gasteiger partial charge in [0.1, 0.15) is 0 Å². The molecule has 25 heavy (non-hydrogen) atoms. The molecule has 8 heteroatoms. The van der Waals surface area contributed by atoms with Crippen LogP contribution in [0.3, 0.4) is 0 Å². The Morgan fingerprint density at radius 3 is 2.72 bits per heavy atom. The average molecular weight is 387 g/mol. The zero-order valence-electron chi connectivity index (χ0n) is 14.0. The molecule has 0 bridgehead atoms. The summed E-state index contributed by atoms with van der Waals surface area (Å²) in [5, 5.41) is 9.58. The standard InChI is InChI=1S/C17H23ClN2O4S/c18-16-10-14(20-8-1-2-9-25(20,23)24)5-6-15(16)17(22)19-7-3-4-13(11-19)12-21/h5-6,10,13,21H,1-4,7-9,11-12H2. The van der Waals surface area contributed by atoms with E-state index >= 15 is 0 Å². The van der Waals surface area contributed by atoms with Gasteiger partial charge in [-0.2, -0.15) is 0 Å². The first kappa shape index (κ1) is 18.5. The third-order valence-corrected chi connectivity index (χ3v) is 7.07. The minimum absolute atomic E-state index is 0.0727. The van der Waals surface area contributed by atoms with Crippen molar-refractivity contribution >= 4 is 33.2 Å². The zero-order valence-corrected chi connectivity index (χ0v) is 15.6. The van der Waals surface area contributed by atoms with E-state index in [-0.39, 0.29) is 29.2 Å². The van der Waals surface area contributed by atoms with E-state index in [1.807, 2.05) is 0 Å². The van der Waals surface area contributed by atoms with Gasteiger partial charge >= 0.3 is 0 Å². The number of halogens is 1. The first-order chi connectivity index (χ1) is 11.9. The Kier molecular flexibility index (Phi) is 5.55. The highest BCUT2D eigenvalue weighted by molar-refractivity contribution is 7.92. The quantitative estimate of drug-likeness (QED) is 0.863. The molecule has 1 N–H and O–H groups in total. The van der Waals surface area contributed by atoms with E-state index < -0.39 is 10.0 Å². The van der Waals surface area contributed by atoms with Crippen LogP contribution >= 0.6 is 11.6 Å². The largest absolute Gasteiger partial charge is 0.396 e. The summed E-state index contributed by atoms with van der Waals surface area (Å²) in [6.07, 6.45) is 3.26. The Bertz CT molecular complexity index is 753. The van der Waals surface area contributed by atoms with Crippen molar-refractivity contribution in [2.75, 3.05) is 36.3 Å². The monoisotopic (exact) mass is 386 g/mol. The summed E-state index contributed by atoms with van der Waals surface area (Å²) in [5.41, 5.74) is 0.881. The van der Waals surface area contributed by atoms with Gasteiger partial charge in [-0.3, -0.25) is 9.10 Å². The van der Waals surface area contributed by atoms with E-state index in [0.29, 0.717) is 37.3 Å². The second-order valence-corrected chi connectivity index (χ2v) is 9.12. The SMILES string of the molecule is O=C(c1ccc(N2CCCCS2(=O)=O)cc1Cl)N1CCCC(CO)C1. The molecular formula is C17H23ClN2O4S. The van der Waals surface area contributed by atoms with Crippen molar-refractivity contribution in [3.8, 4) is 0 Å². The number of sulfonamides is 1. The van der Waals surface area contributed by atoms with Crippen molar-refractivity contribution in [2.45, 2.75) is 25.7 Å². The summed E-state index contributed by atoms with van der Waals surface area (Å²) in [4.78, 5) is 14.4. The number of carbonyl (C=O) groups excluding carboxylic acids is 1. The van der Waals surface area contributed by atoms with E-state index in [9.17, 15) is 18.3 Å². The molecule has 2 heterocycles. The van der Waals surface area contributed by atoms with Crippen LogP contribution in [-0.2, 0) is 10.0 Å². The molecule has 2 saturated heterocycles. The highest BCUT2D eigenvalue weighted by Crippen LogP contribution is 2.29. The molecule has 1 atom stereocenters. The average Bonchev–Trinajstić information content (AvgIpc) is 2.61. The lowest BCUT2D eigenvalue weighted by atomic mass is 9.98. The summed E-state index contributed by atoms with van der Waals surface area (Å²) in [7, 11) is -3.31. The number of likely N-dealkylation sites (tertiary alicyclic amines) is 1. The molecule has 3 rings (SSSR count). The fourth-order valence-corrected chi connectivity index (χ4v) is 5.37. The predicted molar refractivity (Wildman–Crippen MR) is 97.5 cm³/mol.